The van der Waals surface area contributed by atoms with Crippen LogP contribution in [-0.4, -0.2) is 26.4 Å². The van der Waals surface area contributed by atoms with Crippen molar-refractivity contribution in [2.24, 2.45) is 0 Å². The van der Waals surface area contributed by atoms with E-state index in [0.717, 1.165) is 42.1 Å². The molecule has 3 rings (SSSR count). The van der Waals surface area contributed by atoms with Gasteiger partial charge in [0, 0.05) is 11.4 Å². The summed E-state index contributed by atoms with van der Waals surface area (Å²) in [4.78, 5) is 11.6. The first-order valence-electron chi connectivity index (χ1n) is 8.06. The van der Waals surface area contributed by atoms with Gasteiger partial charge in [-0.3, -0.25) is 4.79 Å². The average molecular weight is 412 g/mol. The number of hydrogen-bond donors (Lipinski definition) is 1. The van der Waals surface area contributed by atoms with Crippen molar-refractivity contribution in [1.29, 1.82) is 0 Å². The molecule has 2 aliphatic rings. The second kappa shape index (κ2) is 6.61. The molecule has 1 fully saturated rings. The third-order valence-electron chi connectivity index (χ3n) is 4.72. The lowest BCUT2D eigenvalue weighted by molar-refractivity contribution is -0.119. The zero-order valence-electron chi connectivity index (χ0n) is 13.5. The predicted octanol–water partition coefficient (Wildman–Crippen LogP) is 2.95. The molecule has 0 atom stereocenters. The number of halogens is 1. The molecule has 1 amide bonds. The molecule has 24 heavy (non-hydrogen) atoms. The molecule has 0 bridgehead atoms. The standard InChI is InChI=1S/C17H20BrN2O3S/c1-12(21)19-11-15-16(13-5-7-14(18)8-6-13)24(22,23)20-17(15)9-3-2-4-10-17/h5-8,20H,2-4,9-11H2,1H3. The van der Waals surface area contributed by atoms with Crippen LogP contribution in [0.3, 0.4) is 0 Å². The Morgan fingerprint density at radius 3 is 2.42 bits per heavy atom. The summed E-state index contributed by atoms with van der Waals surface area (Å²) >= 11 is 3.37. The van der Waals surface area contributed by atoms with Crippen molar-refractivity contribution in [3.05, 3.63) is 39.9 Å². The maximum Gasteiger partial charge on any atom is 0.242 e. The average Bonchev–Trinajstić information content (AvgIpc) is 2.73. The number of carbonyl (C=O) groups is 1. The number of nitrogens with zero attached hydrogens (tertiary/aromatic N) is 1. The second-order valence-electron chi connectivity index (χ2n) is 6.40. The normalized spacial score (nSPS) is 21.9. The molecule has 1 aliphatic heterocycles. The maximum absolute atomic E-state index is 12.9. The van der Waals surface area contributed by atoms with Gasteiger partial charge >= 0.3 is 0 Å². The van der Waals surface area contributed by atoms with Crippen LogP contribution in [0.15, 0.2) is 34.3 Å². The summed E-state index contributed by atoms with van der Waals surface area (Å²) < 4.78 is 29.5. The molecule has 0 unspecified atom stereocenters. The van der Waals surface area contributed by atoms with E-state index in [2.05, 4.69) is 26.0 Å². The first-order valence-corrected chi connectivity index (χ1v) is 10.3. The Labute approximate surface area is 151 Å². The highest BCUT2D eigenvalue weighted by Crippen LogP contribution is 2.45. The van der Waals surface area contributed by atoms with Crippen molar-refractivity contribution < 1.29 is 13.2 Å². The molecule has 1 aromatic carbocycles. The van der Waals surface area contributed by atoms with E-state index in [9.17, 15) is 13.2 Å². The topological polar surface area (TPSA) is 77.3 Å². The van der Waals surface area contributed by atoms with E-state index in [1.807, 2.05) is 12.1 Å². The van der Waals surface area contributed by atoms with Gasteiger partial charge in [-0.15, -0.1) is 0 Å². The monoisotopic (exact) mass is 411 g/mol. The number of rotatable bonds is 3. The summed E-state index contributed by atoms with van der Waals surface area (Å²) in [5.74, 6) is -0.284. The van der Waals surface area contributed by atoms with E-state index < -0.39 is 15.6 Å². The van der Waals surface area contributed by atoms with Gasteiger partial charge < -0.3 is 0 Å². The van der Waals surface area contributed by atoms with Crippen molar-refractivity contribution in [3.8, 4) is 0 Å². The summed E-state index contributed by atoms with van der Waals surface area (Å²) in [5.41, 5.74) is 0.792. The van der Waals surface area contributed by atoms with Crippen LogP contribution < -0.4 is 10.0 Å². The molecule has 1 heterocycles. The van der Waals surface area contributed by atoms with Crippen LogP contribution in [0.5, 0.6) is 0 Å². The van der Waals surface area contributed by atoms with Gasteiger partial charge in [0.2, 0.25) is 15.9 Å². The summed E-state index contributed by atoms with van der Waals surface area (Å²) in [5, 5.41) is 4.00. The van der Waals surface area contributed by atoms with Gasteiger partial charge in [-0.25, -0.2) is 18.5 Å². The molecule has 1 spiro atoms. The van der Waals surface area contributed by atoms with Gasteiger partial charge in [-0.05, 0) is 36.1 Å². The highest BCUT2D eigenvalue weighted by molar-refractivity contribution is 9.10. The second-order valence-corrected chi connectivity index (χ2v) is 8.93. The molecule has 5 nitrogen and oxygen atoms in total. The van der Waals surface area contributed by atoms with Crippen molar-refractivity contribution >= 4 is 36.8 Å². The van der Waals surface area contributed by atoms with Gasteiger partial charge in [0.15, 0.2) is 0 Å². The fourth-order valence-electron chi connectivity index (χ4n) is 3.65. The molecule has 0 saturated heterocycles. The van der Waals surface area contributed by atoms with Crippen LogP contribution in [0, 0.1) is 0 Å². The molecule has 1 N–H and O–H groups in total. The summed E-state index contributed by atoms with van der Waals surface area (Å²) in [7, 11) is -3.62. The van der Waals surface area contributed by atoms with Crippen LogP contribution in [-0.2, 0) is 14.8 Å². The van der Waals surface area contributed by atoms with Crippen molar-refractivity contribution in [3.63, 3.8) is 0 Å². The third-order valence-corrected chi connectivity index (χ3v) is 6.93. The van der Waals surface area contributed by atoms with E-state index in [-0.39, 0.29) is 12.5 Å². The number of sulfonamides is 1. The Bertz CT molecular complexity index is 779. The van der Waals surface area contributed by atoms with Crippen LogP contribution in [0.25, 0.3) is 4.91 Å². The minimum atomic E-state index is -3.62. The van der Waals surface area contributed by atoms with Crippen LogP contribution in [0.4, 0.5) is 0 Å². The molecule has 0 aromatic heterocycles. The first-order chi connectivity index (χ1) is 11.3. The minimum Gasteiger partial charge on any atom is -0.273 e. The third kappa shape index (κ3) is 3.30. The Hall–Kier alpha value is -1.18. The largest absolute Gasteiger partial charge is 0.273 e. The van der Waals surface area contributed by atoms with Gasteiger partial charge in [0.1, 0.15) is 0 Å². The summed E-state index contributed by atoms with van der Waals surface area (Å²) in [6.45, 7) is 1.53. The fraction of sp³-hybridized carbons (Fsp3) is 0.471. The summed E-state index contributed by atoms with van der Waals surface area (Å²) in [6, 6.07) is 7.22. The van der Waals surface area contributed by atoms with E-state index in [1.165, 1.54) is 6.92 Å². The van der Waals surface area contributed by atoms with E-state index in [0.29, 0.717) is 10.5 Å². The minimum absolute atomic E-state index is 0.132. The number of hydrogen-bond acceptors (Lipinski definition) is 3. The zero-order valence-corrected chi connectivity index (χ0v) is 15.9. The maximum atomic E-state index is 12.9. The number of carbonyl (C=O) groups excluding carboxylic acids is 1. The Kier molecular flexibility index (Phi) is 4.86. The van der Waals surface area contributed by atoms with E-state index in [1.54, 1.807) is 12.1 Å². The molecular weight excluding hydrogens is 392 g/mol. The van der Waals surface area contributed by atoms with Gasteiger partial charge in [-0.1, -0.05) is 47.3 Å². The molecule has 1 aliphatic carbocycles. The van der Waals surface area contributed by atoms with Crippen molar-refractivity contribution in [1.82, 2.24) is 10.0 Å². The molecule has 1 saturated carbocycles. The van der Waals surface area contributed by atoms with Crippen LogP contribution in [0.2, 0.25) is 0 Å². The molecule has 7 heteroatoms. The van der Waals surface area contributed by atoms with Crippen LogP contribution in [0.1, 0.15) is 44.6 Å². The zero-order chi connectivity index (χ0) is 17.4. The number of nitrogens with one attached hydrogen (secondary N) is 1. The Morgan fingerprint density at radius 2 is 1.83 bits per heavy atom. The predicted molar refractivity (Wildman–Crippen MR) is 96.6 cm³/mol. The number of amides is 1. The molecular formula is C17H20BrN2O3S. The highest BCUT2D eigenvalue weighted by Gasteiger charge is 2.49. The molecule has 129 valence electrons. The van der Waals surface area contributed by atoms with Crippen LogP contribution >= 0.6 is 15.9 Å². The lowest BCUT2D eigenvalue weighted by Gasteiger charge is -2.35. The highest BCUT2D eigenvalue weighted by atomic mass is 79.9. The van der Waals surface area contributed by atoms with E-state index >= 15 is 0 Å². The molecule has 1 aromatic rings. The van der Waals surface area contributed by atoms with Gasteiger partial charge in [0.25, 0.3) is 0 Å². The molecule has 1 radical (unpaired) electrons. The van der Waals surface area contributed by atoms with Gasteiger partial charge in [0.05, 0.1) is 17.0 Å². The summed E-state index contributed by atoms with van der Waals surface area (Å²) in [6.07, 6.45) is 4.57. The van der Waals surface area contributed by atoms with Crippen molar-refractivity contribution in [2.45, 2.75) is 44.6 Å². The van der Waals surface area contributed by atoms with E-state index in [4.69, 9.17) is 0 Å². The van der Waals surface area contributed by atoms with Crippen molar-refractivity contribution in [2.75, 3.05) is 6.54 Å². The lowest BCUT2D eigenvalue weighted by atomic mass is 9.76. The van der Waals surface area contributed by atoms with Gasteiger partial charge in [-0.2, -0.15) is 0 Å². The lowest BCUT2D eigenvalue weighted by Crippen LogP contribution is -2.47. The smallest absolute Gasteiger partial charge is 0.242 e. The Morgan fingerprint density at radius 1 is 1.21 bits per heavy atom. The quantitative estimate of drug-likeness (QED) is 0.830. The fourth-order valence-corrected chi connectivity index (χ4v) is 5.89. The Balaban J connectivity index is 2.14. The number of benzene rings is 1. The SMILES string of the molecule is CC(=O)[N]CC1=C(c2ccc(Br)cc2)S(=O)(=O)NC12CCCCC2. The first kappa shape index (κ1) is 17.6.